The molecule has 3 heterocycles. The summed E-state index contributed by atoms with van der Waals surface area (Å²) < 4.78 is 17.6. The van der Waals surface area contributed by atoms with Gasteiger partial charge >= 0.3 is 0 Å². The topological polar surface area (TPSA) is 79.9 Å². The summed E-state index contributed by atoms with van der Waals surface area (Å²) in [5, 5.41) is 7.71. The number of rotatable bonds is 12. The molecule has 1 aromatic heterocycles. The summed E-state index contributed by atoms with van der Waals surface area (Å²) in [5.41, 5.74) is 5.49. The molecule has 8 nitrogen and oxygen atoms in total. The number of fused-ring (bicyclic) bond motifs is 1. The highest BCUT2D eigenvalue weighted by molar-refractivity contribution is 6.00. The molecule has 0 spiro atoms. The van der Waals surface area contributed by atoms with Gasteiger partial charge in [-0.25, -0.2) is 0 Å². The Kier molecular flexibility index (Phi) is 8.84. The van der Waals surface area contributed by atoms with Gasteiger partial charge in [0.05, 0.1) is 38.2 Å². The quantitative estimate of drug-likeness (QED) is 0.322. The SMILES string of the molecule is CCCCOc1ccc(C2c3c(-c4ccc(C)cc4)n[nH]c3C(=O)N2CCCN2CCOCC2)cc1OCC. The molecule has 2 aromatic carbocycles. The van der Waals surface area contributed by atoms with Gasteiger partial charge in [-0.05, 0) is 44.4 Å². The highest BCUT2D eigenvalue weighted by Gasteiger charge is 2.42. The second kappa shape index (κ2) is 12.7. The van der Waals surface area contributed by atoms with Crippen LogP contribution in [0.15, 0.2) is 42.5 Å². The van der Waals surface area contributed by atoms with Crippen molar-refractivity contribution in [2.75, 3.05) is 52.6 Å². The number of nitrogens with zero attached hydrogens (tertiary/aromatic N) is 3. The maximum atomic E-state index is 13.8. The van der Waals surface area contributed by atoms with E-state index in [-0.39, 0.29) is 11.9 Å². The summed E-state index contributed by atoms with van der Waals surface area (Å²) >= 11 is 0. The van der Waals surface area contributed by atoms with Gasteiger partial charge in [0.25, 0.3) is 5.91 Å². The van der Waals surface area contributed by atoms with Gasteiger partial charge in [0.1, 0.15) is 5.69 Å². The Morgan fingerprint density at radius 3 is 2.54 bits per heavy atom. The number of carbonyl (C=O) groups excluding carboxylic acids is 1. The first-order valence-electron chi connectivity index (χ1n) is 14.3. The summed E-state index contributed by atoms with van der Waals surface area (Å²) in [4.78, 5) is 18.2. The third-order valence-electron chi connectivity index (χ3n) is 7.50. The molecule has 208 valence electrons. The van der Waals surface area contributed by atoms with Gasteiger partial charge in [-0.3, -0.25) is 14.8 Å². The first-order chi connectivity index (χ1) is 19.1. The number of morpholine rings is 1. The van der Waals surface area contributed by atoms with Gasteiger partial charge in [0.2, 0.25) is 0 Å². The second-order valence-electron chi connectivity index (χ2n) is 10.3. The minimum Gasteiger partial charge on any atom is -0.490 e. The van der Waals surface area contributed by atoms with E-state index < -0.39 is 0 Å². The average Bonchev–Trinajstić information content (AvgIpc) is 3.50. The van der Waals surface area contributed by atoms with Crippen molar-refractivity contribution in [1.29, 1.82) is 0 Å². The fourth-order valence-corrected chi connectivity index (χ4v) is 5.40. The van der Waals surface area contributed by atoms with E-state index in [4.69, 9.17) is 14.2 Å². The molecule has 39 heavy (non-hydrogen) atoms. The molecule has 1 unspecified atom stereocenters. The Labute approximate surface area is 231 Å². The smallest absolute Gasteiger partial charge is 0.273 e. The van der Waals surface area contributed by atoms with Gasteiger partial charge in [0, 0.05) is 37.3 Å². The lowest BCUT2D eigenvalue weighted by atomic mass is 9.95. The number of aromatic nitrogens is 2. The molecule has 0 saturated carbocycles. The molecule has 1 amide bonds. The summed E-state index contributed by atoms with van der Waals surface area (Å²) in [6, 6.07) is 14.1. The van der Waals surface area contributed by atoms with Crippen molar-refractivity contribution in [3.05, 3.63) is 64.8 Å². The average molecular weight is 533 g/mol. The highest BCUT2D eigenvalue weighted by Crippen LogP contribution is 2.44. The number of amides is 1. The predicted octanol–water partition coefficient (Wildman–Crippen LogP) is 5.23. The molecule has 1 atom stereocenters. The zero-order valence-electron chi connectivity index (χ0n) is 23.4. The lowest BCUT2D eigenvalue weighted by molar-refractivity contribution is 0.0354. The Morgan fingerprint density at radius 1 is 1.00 bits per heavy atom. The van der Waals surface area contributed by atoms with Crippen LogP contribution in [-0.4, -0.2) is 78.5 Å². The van der Waals surface area contributed by atoms with E-state index in [9.17, 15) is 4.79 Å². The standard InChI is InChI=1S/C31H40N4O4/c1-4-6-18-39-25-13-12-24(21-26(25)38-5-2)30-27-28(23-10-8-22(3)9-11-23)32-33-29(27)31(36)35(30)15-7-14-34-16-19-37-20-17-34/h8-13,21,30H,4-7,14-20H2,1-3H3,(H,32,33). The molecule has 2 aliphatic heterocycles. The van der Waals surface area contributed by atoms with Crippen LogP contribution in [0.4, 0.5) is 0 Å². The first kappa shape index (κ1) is 27.2. The van der Waals surface area contributed by atoms with Crippen LogP contribution >= 0.6 is 0 Å². The van der Waals surface area contributed by atoms with Crippen molar-refractivity contribution in [3.63, 3.8) is 0 Å². The van der Waals surface area contributed by atoms with Crippen LogP contribution in [0.1, 0.15) is 66.3 Å². The van der Waals surface area contributed by atoms with Crippen LogP contribution in [0.25, 0.3) is 11.3 Å². The van der Waals surface area contributed by atoms with E-state index >= 15 is 0 Å². The van der Waals surface area contributed by atoms with E-state index in [0.717, 1.165) is 80.2 Å². The largest absolute Gasteiger partial charge is 0.490 e. The number of aromatic amines is 1. The molecular formula is C31H40N4O4. The zero-order valence-corrected chi connectivity index (χ0v) is 23.4. The van der Waals surface area contributed by atoms with E-state index in [1.54, 1.807) is 0 Å². The molecule has 1 fully saturated rings. The summed E-state index contributed by atoms with van der Waals surface area (Å²) in [6.45, 7) is 12.4. The van der Waals surface area contributed by atoms with E-state index in [1.165, 1.54) is 5.56 Å². The second-order valence-corrected chi connectivity index (χ2v) is 10.3. The normalized spacial score (nSPS) is 17.5. The fraction of sp³-hybridized carbons (Fsp3) is 0.484. The number of nitrogens with one attached hydrogen (secondary N) is 1. The molecule has 5 rings (SSSR count). The lowest BCUT2D eigenvalue weighted by Gasteiger charge is -2.30. The van der Waals surface area contributed by atoms with Crippen LogP contribution < -0.4 is 9.47 Å². The number of benzene rings is 2. The minimum absolute atomic E-state index is 0.0101. The number of hydrogen-bond donors (Lipinski definition) is 1. The third kappa shape index (κ3) is 5.97. The van der Waals surface area contributed by atoms with Crippen LogP contribution in [-0.2, 0) is 4.74 Å². The molecule has 0 aliphatic carbocycles. The maximum absolute atomic E-state index is 13.8. The molecule has 2 aliphatic rings. The highest BCUT2D eigenvalue weighted by atomic mass is 16.5. The van der Waals surface area contributed by atoms with E-state index in [0.29, 0.717) is 31.2 Å². The molecule has 1 saturated heterocycles. The number of ether oxygens (including phenoxy) is 3. The maximum Gasteiger partial charge on any atom is 0.273 e. The molecule has 8 heteroatoms. The summed E-state index contributed by atoms with van der Waals surface area (Å²) in [7, 11) is 0. The molecule has 0 radical (unpaired) electrons. The Hall–Kier alpha value is -3.36. The fourth-order valence-electron chi connectivity index (χ4n) is 5.40. The molecule has 3 aromatic rings. The van der Waals surface area contributed by atoms with Crippen molar-refractivity contribution in [1.82, 2.24) is 20.0 Å². The first-order valence-corrected chi connectivity index (χ1v) is 14.3. The number of unbranched alkanes of at least 4 members (excludes halogenated alkanes) is 1. The summed E-state index contributed by atoms with van der Waals surface area (Å²) in [6.07, 6.45) is 2.94. The lowest BCUT2D eigenvalue weighted by Crippen LogP contribution is -2.38. The van der Waals surface area contributed by atoms with Crippen LogP contribution in [0.5, 0.6) is 11.5 Å². The van der Waals surface area contributed by atoms with Gasteiger partial charge in [-0.15, -0.1) is 0 Å². The summed E-state index contributed by atoms with van der Waals surface area (Å²) in [5.74, 6) is 1.44. The number of carbonyl (C=O) groups is 1. The van der Waals surface area contributed by atoms with Crippen molar-refractivity contribution in [2.45, 2.75) is 46.1 Å². The van der Waals surface area contributed by atoms with Gasteiger partial charge in [-0.2, -0.15) is 5.10 Å². The Morgan fingerprint density at radius 2 is 1.79 bits per heavy atom. The van der Waals surface area contributed by atoms with Gasteiger partial charge < -0.3 is 19.1 Å². The number of H-pyrrole nitrogens is 1. The molecule has 1 N–H and O–H groups in total. The van der Waals surface area contributed by atoms with Gasteiger partial charge in [0.15, 0.2) is 11.5 Å². The molecular weight excluding hydrogens is 492 g/mol. The van der Waals surface area contributed by atoms with Crippen LogP contribution in [0, 0.1) is 6.92 Å². The van der Waals surface area contributed by atoms with Crippen molar-refractivity contribution in [2.24, 2.45) is 0 Å². The molecule has 0 bridgehead atoms. The van der Waals surface area contributed by atoms with E-state index in [1.807, 2.05) is 24.0 Å². The van der Waals surface area contributed by atoms with Crippen LogP contribution in [0.2, 0.25) is 0 Å². The Balaban J connectivity index is 1.49. The monoisotopic (exact) mass is 532 g/mol. The van der Waals surface area contributed by atoms with Crippen molar-refractivity contribution in [3.8, 4) is 22.8 Å². The van der Waals surface area contributed by atoms with Crippen LogP contribution in [0.3, 0.4) is 0 Å². The van der Waals surface area contributed by atoms with E-state index in [2.05, 4.69) is 59.3 Å². The Bertz CT molecular complexity index is 1250. The number of hydrogen-bond acceptors (Lipinski definition) is 6. The number of aryl methyl sites for hydroxylation is 1. The van der Waals surface area contributed by atoms with Crippen molar-refractivity contribution >= 4 is 5.91 Å². The minimum atomic E-state index is -0.267. The van der Waals surface area contributed by atoms with Crippen molar-refractivity contribution < 1.29 is 19.0 Å². The van der Waals surface area contributed by atoms with Gasteiger partial charge in [-0.1, -0.05) is 49.2 Å². The predicted molar refractivity (Wildman–Crippen MR) is 152 cm³/mol. The zero-order chi connectivity index (χ0) is 27.2. The third-order valence-corrected chi connectivity index (χ3v) is 7.50.